The molecule has 3 aromatic rings. The zero-order valence-corrected chi connectivity index (χ0v) is 16.3. The van der Waals surface area contributed by atoms with Crippen LogP contribution in [0.3, 0.4) is 0 Å². The maximum Gasteiger partial charge on any atom is 0.248 e. The van der Waals surface area contributed by atoms with Crippen LogP contribution in [0.15, 0.2) is 42.7 Å². The van der Waals surface area contributed by atoms with Gasteiger partial charge in [-0.2, -0.15) is 5.10 Å². The third-order valence-corrected chi connectivity index (χ3v) is 4.25. The number of aryl methyl sites for hydroxylation is 1. The van der Waals surface area contributed by atoms with Crippen LogP contribution in [-0.2, 0) is 16.6 Å². The van der Waals surface area contributed by atoms with Gasteiger partial charge in [-0.1, -0.05) is 19.9 Å². The number of pyridine rings is 1. The van der Waals surface area contributed by atoms with Crippen molar-refractivity contribution in [2.45, 2.75) is 26.8 Å². The lowest BCUT2D eigenvalue weighted by Crippen LogP contribution is -2.46. The third kappa shape index (κ3) is 4.11. The largest absolute Gasteiger partial charge is 0.455 e. The molecule has 0 bridgehead atoms. The average Bonchev–Trinajstić information content (AvgIpc) is 2.97. The SMILES string of the molecule is CC(=O)NC(C(=O)Nc1nn(C)c2cccc(Oc3cccnc3)c12)C(C)C. The zero-order valence-electron chi connectivity index (χ0n) is 16.3. The minimum absolute atomic E-state index is 0.0787. The van der Waals surface area contributed by atoms with E-state index in [9.17, 15) is 9.59 Å². The van der Waals surface area contributed by atoms with Crippen molar-refractivity contribution in [2.24, 2.45) is 13.0 Å². The summed E-state index contributed by atoms with van der Waals surface area (Å²) in [7, 11) is 1.79. The second-order valence-corrected chi connectivity index (χ2v) is 6.82. The molecule has 146 valence electrons. The maximum absolute atomic E-state index is 12.8. The smallest absolute Gasteiger partial charge is 0.248 e. The Morgan fingerprint density at radius 1 is 1.18 bits per heavy atom. The molecule has 2 heterocycles. The highest BCUT2D eigenvalue weighted by molar-refractivity contribution is 6.05. The van der Waals surface area contributed by atoms with E-state index in [0.29, 0.717) is 22.7 Å². The number of nitrogens with zero attached hydrogens (tertiary/aromatic N) is 3. The summed E-state index contributed by atoms with van der Waals surface area (Å²) in [6, 6.07) is 8.47. The lowest BCUT2D eigenvalue weighted by atomic mass is 10.0. The topological polar surface area (TPSA) is 98.1 Å². The van der Waals surface area contributed by atoms with E-state index in [-0.39, 0.29) is 17.7 Å². The molecule has 0 spiro atoms. The summed E-state index contributed by atoms with van der Waals surface area (Å²) in [5.41, 5.74) is 0.803. The van der Waals surface area contributed by atoms with Crippen molar-refractivity contribution in [2.75, 3.05) is 5.32 Å². The molecule has 0 aliphatic rings. The number of benzene rings is 1. The van der Waals surface area contributed by atoms with E-state index in [4.69, 9.17) is 4.74 Å². The molecule has 8 nitrogen and oxygen atoms in total. The molecule has 2 N–H and O–H groups in total. The van der Waals surface area contributed by atoms with Crippen LogP contribution in [0.5, 0.6) is 11.5 Å². The Bertz CT molecular complexity index is 998. The third-order valence-electron chi connectivity index (χ3n) is 4.25. The highest BCUT2D eigenvalue weighted by atomic mass is 16.5. The van der Waals surface area contributed by atoms with Gasteiger partial charge in [0.05, 0.1) is 17.1 Å². The van der Waals surface area contributed by atoms with E-state index in [2.05, 4.69) is 20.7 Å². The van der Waals surface area contributed by atoms with Crippen LogP contribution in [0.25, 0.3) is 10.9 Å². The molecule has 0 aliphatic heterocycles. The first-order valence-electron chi connectivity index (χ1n) is 8.98. The minimum atomic E-state index is -0.666. The number of ether oxygens (including phenoxy) is 1. The van der Waals surface area contributed by atoms with Gasteiger partial charge in [-0.25, -0.2) is 0 Å². The van der Waals surface area contributed by atoms with Crippen molar-refractivity contribution in [3.05, 3.63) is 42.7 Å². The Labute approximate surface area is 162 Å². The molecule has 28 heavy (non-hydrogen) atoms. The van der Waals surface area contributed by atoms with Gasteiger partial charge in [0.15, 0.2) is 5.82 Å². The number of nitrogens with one attached hydrogen (secondary N) is 2. The summed E-state index contributed by atoms with van der Waals surface area (Å²) in [5.74, 6) is 0.827. The Hall–Kier alpha value is -3.42. The molecular formula is C20H23N5O3. The van der Waals surface area contributed by atoms with Gasteiger partial charge in [0.2, 0.25) is 11.8 Å². The molecule has 0 aliphatic carbocycles. The Balaban J connectivity index is 1.97. The van der Waals surface area contributed by atoms with E-state index in [1.165, 1.54) is 6.92 Å². The number of amides is 2. The summed E-state index contributed by atoms with van der Waals surface area (Å²) in [4.78, 5) is 28.3. The second kappa shape index (κ2) is 8.08. The van der Waals surface area contributed by atoms with Crippen molar-refractivity contribution in [1.82, 2.24) is 20.1 Å². The van der Waals surface area contributed by atoms with Crippen LogP contribution in [-0.4, -0.2) is 32.6 Å². The van der Waals surface area contributed by atoms with Crippen molar-refractivity contribution in [3.8, 4) is 11.5 Å². The molecule has 8 heteroatoms. The summed E-state index contributed by atoms with van der Waals surface area (Å²) in [6.07, 6.45) is 3.27. The highest BCUT2D eigenvalue weighted by Gasteiger charge is 2.25. The van der Waals surface area contributed by atoms with Crippen LogP contribution < -0.4 is 15.4 Å². The predicted octanol–water partition coefficient (Wildman–Crippen LogP) is 2.86. The van der Waals surface area contributed by atoms with E-state index >= 15 is 0 Å². The normalized spacial score (nSPS) is 12.0. The van der Waals surface area contributed by atoms with Gasteiger partial charge in [0.25, 0.3) is 0 Å². The summed E-state index contributed by atoms with van der Waals surface area (Å²) >= 11 is 0. The molecule has 0 saturated carbocycles. The summed E-state index contributed by atoms with van der Waals surface area (Å²) in [5, 5.41) is 10.6. The van der Waals surface area contributed by atoms with Crippen LogP contribution >= 0.6 is 0 Å². The first-order chi connectivity index (χ1) is 13.4. The second-order valence-electron chi connectivity index (χ2n) is 6.82. The number of hydrogen-bond acceptors (Lipinski definition) is 5. The number of rotatable bonds is 6. The van der Waals surface area contributed by atoms with Gasteiger partial charge >= 0.3 is 0 Å². The number of anilines is 1. The van der Waals surface area contributed by atoms with E-state index in [1.54, 1.807) is 42.3 Å². The summed E-state index contributed by atoms with van der Waals surface area (Å²) in [6.45, 7) is 5.12. The molecule has 1 unspecified atom stereocenters. The van der Waals surface area contributed by atoms with Gasteiger partial charge < -0.3 is 15.4 Å². The molecule has 1 atom stereocenters. The minimum Gasteiger partial charge on any atom is -0.455 e. The highest BCUT2D eigenvalue weighted by Crippen LogP contribution is 2.34. The van der Waals surface area contributed by atoms with Crippen molar-refractivity contribution >= 4 is 28.5 Å². The number of fused-ring (bicyclic) bond motifs is 1. The predicted molar refractivity (Wildman–Crippen MR) is 106 cm³/mol. The Morgan fingerprint density at radius 3 is 2.61 bits per heavy atom. The van der Waals surface area contributed by atoms with Crippen molar-refractivity contribution in [3.63, 3.8) is 0 Å². The number of hydrogen-bond donors (Lipinski definition) is 2. The quantitative estimate of drug-likeness (QED) is 0.684. The monoisotopic (exact) mass is 381 g/mol. The Kier molecular flexibility index (Phi) is 5.58. The van der Waals surface area contributed by atoms with Gasteiger partial charge in [0, 0.05) is 20.2 Å². The van der Waals surface area contributed by atoms with Crippen LogP contribution in [0.4, 0.5) is 5.82 Å². The van der Waals surface area contributed by atoms with Crippen LogP contribution in [0.1, 0.15) is 20.8 Å². The molecule has 0 fully saturated rings. The lowest BCUT2D eigenvalue weighted by Gasteiger charge is -2.20. The van der Waals surface area contributed by atoms with E-state index in [1.807, 2.05) is 26.0 Å². The number of aromatic nitrogens is 3. The van der Waals surface area contributed by atoms with Gasteiger partial charge in [0.1, 0.15) is 17.5 Å². The molecule has 3 rings (SSSR count). The van der Waals surface area contributed by atoms with Crippen molar-refractivity contribution < 1.29 is 14.3 Å². The molecule has 0 saturated heterocycles. The lowest BCUT2D eigenvalue weighted by molar-refractivity contribution is -0.126. The van der Waals surface area contributed by atoms with Crippen LogP contribution in [0, 0.1) is 5.92 Å². The van der Waals surface area contributed by atoms with Crippen LogP contribution in [0.2, 0.25) is 0 Å². The maximum atomic E-state index is 12.8. The fourth-order valence-corrected chi connectivity index (χ4v) is 2.94. The number of carbonyl (C=O) groups excluding carboxylic acids is 2. The molecular weight excluding hydrogens is 358 g/mol. The Morgan fingerprint density at radius 2 is 1.96 bits per heavy atom. The zero-order chi connectivity index (χ0) is 20.3. The average molecular weight is 381 g/mol. The van der Waals surface area contributed by atoms with Gasteiger partial charge in [-0.05, 0) is 30.2 Å². The molecule has 2 aromatic heterocycles. The molecule has 0 radical (unpaired) electrons. The van der Waals surface area contributed by atoms with Gasteiger partial charge in [-0.15, -0.1) is 0 Å². The van der Waals surface area contributed by atoms with E-state index in [0.717, 1.165) is 5.52 Å². The first-order valence-corrected chi connectivity index (χ1v) is 8.98. The molecule has 2 amide bonds. The first kappa shape index (κ1) is 19.3. The summed E-state index contributed by atoms with van der Waals surface area (Å²) < 4.78 is 7.63. The fraction of sp³-hybridized carbons (Fsp3) is 0.300. The standard InChI is InChI=1S/C20H23N5O3/c1-12(2)18(22-13(3)26)20(27)23-19-17-15(25(4)24-19)8-5-9-16(17)28-14-7-6-10-21-11-14/h5-12,18H,1-4H3,(H,22,26)(H,23,24,27). The van der Waals surface area contributed by atoms with Crippen molar-refractivity contribution in [1.29, 1.82) is 0 Å². The van der Waals surface area contributed by atoms with E-state index < -0.39 is 6.04 Å². The number of carbonyl (C=O) groups is 2. The molecule has 1 aromatic carbocycles. The van der Waals surface area contributed by atoms with Gasteiger partial charge in [-0.3, -0.25) is 19.3 Å². The fourth-order valence-electron chi connectivity index (χ4n) is 2.94.